The Morgan fingerprint density at radius 2 is 1.80 bits per heavy atom. The number of rotatable bonds is 7. The van der Waals surface area contributed by atoms with E-state index >= 15 is 0 Å². The number of nitrogens with zero attached hydrogens (tertiary/aromatic N) is 3. The Morgan fingerprint density at radius 3 is 2.43 bits per heavy atom. The predicted octanol–water partition coefficient (Wildman–Crippen LogP) is 2.90. The number of ether oxygens (including phenoxy) is 1. The highest BCUT2D eigenvalue weighted by molar-refractivity contribution is 7.16. The van der Waals surface area contributed by atoms with Crippen LogP contribution in [0.3, 0.4) is 0 Å². The van der Waals surface area contributed by atoms with Crippen molar-refractivity contribution in [3.05, 3.63) is 51.2 Å². The molecule has 1 unspecified atom stereocenters. The smallest absolute Gasteiger partial charge is 0.247 e. The van der Waals surface area contributed by atoms with Crippen molar-refractivity contribution < 1.29 is 14.3 Å². The second-order valence-corrected chi connectivity index (χ2v) is 9.52. The van der Waals surface area contributed by atoms with Crippen molar-refractivity contribution in [2.45, 2.75) is 25.4 Å². The summed E-state index contributed by atoms with van der Waals surface area (Å²) in [5.41, 5.74) is 1.09. The Hall–Kier alpha value is -1.93. The highest BCUT2D eigenvalue weighted by atomic mass is 35.5. The lowest BCUT2D eigenvalue weighted by Crippen LogP contribution is -2.52. The Bertz CT molecular complexity index is 893. The topological polar surface area (TPSA) is 53.1 Å². The number of thiophene rings is 1. The number of carbonyl (C=O) groups is 2. The number of carbonyl (C=O) groups excluding carboxylic acids is 2. The average Bonchev–Trinajstić information content (AvgIpc) is 3.29. The van der Waals surface area contributed by atoms with E-state index in [2.05, 4.69) is 15.9 Å². The number of amides is 2. The minimum atomic E-state index is -0.313. The number of methoxy groups -OCH3 is 1. The molecule has 0 aliphatic carbocycles. The fourth-order valence-electron chi connectivity index (χ4n) is 4.11. The van der Waals surface area contributed by atoms with Crippen LogP contribution in [0, 0.1) is 0 Å². The van der Waals surface area contributed by atoms with E-state index in [4.69, 9.17) is 16.3 Å². The third kappa shape index (κ3) is 4.86. The molecule has 160 valence electrons. The molecule has 0 saturated carbocycles. The summed E-state index contributed by atoms with van der Waals surface area (Å²) in [6.45, 7) is 4.69. The second-order valence-electron chi connectivity index (χ2n) is 7.72. The van der Waals surface area contributed by atoms with E-state index in [0.717, 1.165) is 48.4 Å². The summed E-state index contributed by atoms with van der Waals surface area (Å²) in [6, 6.07) is 11.4. The zero-order chi connectivity index (χ0) is 21.1. The lowest BCUT2D eigenvalue weighted by Gasteiger charge is -2.36. The van der Waals surface area contributed by atoms with Gasteiger partial charge in [0.2, 0.25) is 11.8 Å². The first-order valence-electron chi connectivity index (χ1n) is 10.2. The third-order valence-corrected chi connectivity index (χ3v) is 7.08. The van der Waals surface area contributed by atoms with Crippen LogP contribution in [-0.4, -0.2) is 72.4 Å². The van der Waals surface area contributed by atoms with Gasteiger partial charge >= 0.3 is 0 Å². The molecule has 2 saturated heterocycles. The molecule has 0 radical (unpaired) electrons. The van der Waals surface area contributed by atoms with Gasteiger partial charge in [0.05, 0.1) is 23.9 Å². The van der Waals surface area contributed by atoms with Crippen LogP contribution in [0.25, 0.3) is 0 Å². The van der Waals surface area contributed by atoms with Crippen LogP contribution < -0.4 is 4.74 Å². The molecule has 0 N–H and O–H groups in total. The van der Waals surface area contributed by atoms with Gasteiger partial charge in [-0.3, -0.25) is 24.3 Å². The first-order valence-corrected chi connectivity index (χ1v) is 11.4. The second kappa shape index (κ2) is 9.47. The summed E-state index contributed by atoms with van der Waals surface area (Å²) in [5, 5.41) is 0. The van der Waals surface area contributed by atoms with E-state index in [9.17, 15) is 9.59 Å². The normalized spacial score (nSPS) is 20.9. The Balaban J connectivity index is 1.28. The molecule has 8 heteroatoms. The monoisotopic (exact) mass is 447 g/mol. The molecule has 1 aromatic carbocycles. The van der Waals surface area contributed by atoms with Crippen LogP contribution in [0.15, 0.2) is 36.4 Å². The number of imide groups is 1. The lowest BCUT2D eigenvalue weighted by atomic mass is 10.1. The summed E-state index contributed by atoms with van der Waals surface area (Å²) < 4.78 is 5.98. The molecule has 2 amide bonds. The molecule has 3 heterocycles. The van der Waals surface area contributed by atoms with Crippen molar-refractivity contribution in [3.63, 3.8) is 0 Å². The molecule has 0 spiro atoms. The molecule has 0 bridgehead atoms. The maximum Gasteiger partial charge on any atom is 0.247 e. The van der Waals surface area contributed by atoms with Crippen LogP contribution >= 0.6 is 22.9 Å². The van der Waals surface area contributed by atoms with E-state index in [1.54, 1.807) is 18.4 Å². The van der Waals surface area contributed by atoms with Crippen LogP contribution in [0.4, 0.5) is 0 Å². The molecule has 6 nitrogen and oxygen atoms in total. The standard InChI is InChI=1S/C22H26ClN3O3S/c1-29-17-4-2-16(3-5-17)8-9-26-21(27)14-19(22(26)28)25-12-10-24(11-13-25)15-18-6-7-20(23)30-18/h2-7,19H,8-15H2,1H3. The number of hydrogen-bond acceptors (Lipinski definition) is 6. The minimum absolute atomic E-state index is 0.0491. The van der Waals surface area contributed by atoms with Gasteiger partial charge in [-0.05, 0) is 36.2 Å². The SMILES string of the molecule is COc1ccc(CCN2C(=O)CC(N3CCN(Cc4ccc(Cl)s4)CC3)C2=O)cc1. The van der Waals surface area contributed by atoms with E-state index in [0.29, 0.717) is 19.4 Å². The number of likely N-dealkylation sites (tertiary alicyclic amines) is 1. The fraction of sp³-hybridized carbons (Fsp3) is 0.455. The predicted molar refractivity (Wildman–Crippen MR) is 118 cm³/mol. The van der Waals surface area contributed by atoms with E-state index in [-0.39, 0.29) is 17.9 Å². The Labute approximate surface area is 186 Å². The van der Waals surface area contributed by atoms with Gasteiger partial charge in [0.25, 0.3) is 0 Å². The quantitative estimate of drug-likeness (QED) is 0.611. The fourth-order valence-corrected chi connectivity index (χ4v) is 5.24. The molecular weight excluding hydrogens is 422 g/mol. The van der Waals surface area contributed by atoms with Crippen LogP contribution in [0.1, 0.15) is 16.9 Å². The maximum absolute atomic E-state index is 12.9. The van der Waals surface area contributed by atoms with Gasteiger partial charge in [-0.25, -0.2) is 0 Å². The first-order chi connectivity index (χ1) is 14.5. The average molecular weight is 448 g/mol. The molecule has 2 aromatic rings. The van der Waals surface area contributed by atoms with Gasteiger partial charge in [-0.1, -0.05) is 23.7 Å². The van der Waals surface area contributed by atoms with E-state index in [1.807, 2.05) is 30.3 Å². The van der Waals surface area contributed by atoms with Gasteiger partial charge in [0, 0.05) is 44.1 Å². The summed E-state index contributed by atoms with van der Waals surface area (Å²) in [7, 11) is 1.63. The summed E-state index contributed by atoms with van der Waals surface area (Å²) in [5.74, 6) is 0.689. The maximum atomic E-state index is 12.9. The van der Waals surface area contributed by atoms with Crippen molar-refractivity contribution in [2.75, 3.05) is 39.8 Å². The zero-order valence-corrected chi connectivity index (χ0v) is 18.6. The van der Waals surface area contributed by atoms with Crippen molar-refractivity contribution in [3.8, 4) is 5.75 Å². The van der Waals surface area contributed by atoms with Crippen molar-refractivity contribution in [1.82, 2.24) is 14.7 Å². The first kappa shape index (κ1) is 21.3. The molecule has 2 fully saturated rings. The molecule has 30 heavy (non-hydrogen) atoms. The third-order valence-electron chi connectivity index (χ3n) is 5.86. The number of piperazine rings is 1. The highest BCUT2D eigenvalue weighted by Gasteiger charge is 2.42. The van der Waals surface area contributed by atoms with E-state index < -0.39 is 0 Å². The Morgan fingerprint density at radius 1 is 1.07 bits per heavy atom. The summed E-state index contributed by atoms with van der Waals surface area (Å²) in [4.78, 5) is 32.7. The largest absolute Gasteiger partial charge is 0.497 e. The molecule has 2 aliphatic rings. The van der Waals surface area contributed by atoms with Gasteiger partial charge in [0.15, 0.2) is 0 Å². The number of hydrogen-bond donors (Lipinski definition) is 0. The Kier molecular flexibility index (Phi) is 6.73. The highest BCUT2D eigenvalue weighted by Crippen LogP contribution is 2.25. The lowest BCUT2D eigenvalue weighted by molar-refractivity contribution is -0.139. The summed E-state index contributed by atoms with van der Waals surface area (Å²) in [6.07, 6.45) is 0.952. The van der Waals surface area contributed by atoms with Crippen molar-refractivity contribution in [2.24, 2.45) is 0 Å². The van der Waals surface area contributed by atoms with Crippen LogP contribution in [0.2, 0.25) is 4.34 Å². The van der Waals surface area contributed by atoms with E-state index in [1.165, 1.54) is 9.78 Å². The molecule has 4 rings (SSSR count). The van der Waals surface area contributed by atoms with Crippen LogP contribution in [0.5, 0.6) is 5.75 Å². The molecule has 1 atom stereocenters. The van der Waals surface area contributed by atoms with Crippen molar-refractivity contribution in [1.29, 1.82) is 0 Å². The van der Waals surface area contributed by atoms with Gasteiger partial charge in [-0.15, -0.1) is 11.3 Å². The number of halogens is 1. The van der Waals surface area contributed by atoms with Crippen LogP contribution in [-0.2, 0) is 22.6 Å². The summed E-state index contributed by atoms with van der Waals surface area (Å²) >= 11 is 7.63. The van der Waals surface area contributed by atoms with Gasteiger partial charge in [0.1, 0.15) is 5.75 Å². The molecule has 1 aromatic heterocycles. The van der Waals surface area contributed by atoms with Gasteiger partial charge < -0.3 is 4.74 Å². The van der Waals surface area contributed by atoms with Gasteiger partial charge in [-0.2, -0.15) is 0 Å². The molecule has 2 aliphatic heterocycles. The van der Waals surface area contributed by atoms with Crippen molar-refractivity contribution >= 4 is 34.8 Å². The zero-order valence-electron chi connectivity index (χ0n) is 17.1. The minimum Gasteiger partial charge on any atom is -0.497 e. The number of benzene rings is 1. The molecular formula is C22H26ClN3O3S.